The molecule has 0 bridgehead atoms. The molecule has 0 N–H and O–H groups in total. The number of hydrogen-bond donors (Lipinski definition) is 0. The summed E-state index contributed by atoms with van der Waals surface area (Å²) >= 11 is 3.42. The number of fused-ring (bicyclic) bond motifs is 1. The Kier molecular flexibility index (Phi) is 6.65. The van der Waals surface area contributed by atoms with Crippen LogP contribution in [0.25, 0.3) is 0 Å². The lowest BCUT2D eigenvalue weighted by molar-refractivity contribution is -0.133. The fourth-order valence-electron chi connectivity index (χ4n) is 4.75. The number of rotatable bonds is 4. The molecule has 7 nitrogen and oxygen atoms in total. The SMILES string of the molecule is CC1CN(CC2CCN(C(=O)CN3C(=O)COc4cc(Br)ccc43)CC2)CC(C)O1. The van der Waals surface area contributed by atoms with Gasteiger partial charge in [-0.15, -0.1) is 0 Å². The smallest absolute Gasteiger partial charge is 0.265 e. The van der Waals surface area contributed by atoms with Crippen LogP contribution in [0, 0.1) is 5.92 Å². The minimum absolute atomic E-state index is 0.00573. The molecule has 0 spiro atoms. The Morgan fingerprint density at radius 2 is 1.87 bits per heavy atom. The van der Waals surface area contributed by atoms with Crippen LogP contribution in [0.4, 0.5) is 5.69 Å². The highest BCUT2D eigenvalue weighted by atomic mass is 79.9. The summed E-state index contributed by atoms with van der Waals surface area (Å²) in [6.45, 7) is 8.85. The van der Waals surface area contributed by atoms with Crippen LogP contribution in [0.3, 0.4) is 0 Å². The maximum atomic E-state index is 12.9. The van der Waals surface area contributed by atoms with E-state index in [0.717, 1.165) is 50.0 Å². The standard InChI is InChI=1S/C22H30BrN3O4/c1-15-10-24(11-16(2)30-15)12-17-5-7-25(8-6-17)21(27)13-26-19-4-3-18(23)9-20(19)29-14-22(26)28/h3-4,9,15-17H,5-8,10-14H2,1-2H3. The Balaban J connectivity index is 1.30. The van der Waals surface area contributed by atoms with Gasteiger partial charge in [-0.1, -0.05) is 15.9 Å². The summed E-state index contributed by atoms with van der Waals surface area (Å²) < 4.78 is 12.2. The third kappa shape index (κ3) is 4.98. The number of hydrogen-bond acceptors (Lipinski definition) is 5. The maximum absolute atomic E-state index is 12.9. The Bertz CT molecular complexity index is 787. The van der Waals surface area contributed by atoms with Crippen molar-refractivity contribution in [1.82, 2.24) is 9.80 Å². The van der Waals surface area contributed by atoms with E-state index in [1.807, 2.05) is 23.1 Å². The number of nitrogens with zero attached hydrogens (tertiary/aromatic N) is 3. The highest BCUT2D eigenvalue weighted by Crippen LogP contribution is 2.34. The van der Waals surface area contributed by atoms with Gasteiger partial charge >= 0.3 is 0 Å². The van der Waals surface area contributed by atoms with Gasteiger partial charge in [0.15, 0.2) is 6.61 Å². The maximum Gasteiger partial charge on any atom is 0.265 e. The normalized spacial score (nSPS) is 25.8. The molecule has 1 aromatic rings. The molecule has 0 radical (unpaired) electrons. The fraction of sp³-hybridized carbons (Fsp3) is 0.636. The number of likely N-dealkylation sites (tertiary alicyclic amines) is 1. The molecule has 1 aromatic carbocycles. The van der Waals surface area contributed by atoms with Crippen molar-refractivity contribution in [1.29, 1.82) is 0 Å². The topological polar surface area (TPSA) is 62.3 Å². The Morgan fingerprint density at radius 3 is 2.57 bits per heavy atom. The van der Waals surface area contributed by atoms with E-state index in [1.54, 1.807) is 4.90 Å². The molecule has 2 unspecified atom stereocenters. The molecule has 3 aliphatic heterocycles. The average molecular weight is 480 g/mol. The minimum atomic E-state index is -0.177. The number of morpholine rings is 1. The lowest BCUT2D eigenvalue weighted by atomic mass is 9.95. The number of carbonyl (C=O) groups excluding carboxylic acids is 2. The second kappa shape index (κ2) is 9.24. The molecule has 2 amide bonds. The van der Waals surface area contributed by atoms with Crippen molar-refractivity contribution in [2.75, 3.05) is 50.8 Å². The van der Waals surface area contributed by atoms with E-state index in [-0.39, 0.29) is 37.2 Å². The molecule has 2 atom stereocenters. The summed E-state index contributed by atoms with van der Waals surface area (Å²) in [5.41, 5.74) is 0.660. The van der Waals surface area contributed by atoms with E-state index >= 15 is 0 Å². The van der Waals surface area contributed by atoms with Gasteiger partial charge in [-0.25, -0.2) is 0 Å². The van der Waals surface area contributed by atoms with Gasteiger partial charge in [0.2, 0.25) is 5.91 Å². The quantitative estimate of drug-likeness (QED) is 0.663. The van der Waals surface area contributed by atoms with Crippen LogP contribution in [-0.2, 0) is 14.3 Å². The van der Waals surface area contributed by atoms with Crippen LogP contribution in [0.2, 0.25) is 0 Å². The molecule has 2 fully saturated rings. The van der Waals surface area contributed by atoms with Gasteiger partial charge in [0.05, 0.1) is 17.9 Å². The molecule has 3 heterocycles. The zero-order valence-electron chi connectivity index (χ0n) is 17.7. The van der Waals surface area contributed by atoms with E-state index < -0.39 is 0 Å². The van der Waals surface area contributed by atoms with Gasteiger partial charge in [-0.3, -0.25) is 19.4 Å². The van der Waals surface area contributed by atoms with Gasteiger partial charge in [0.25, 0.3) is 5.91 Å². The largest absolute Gasteiger partial charge is 0.482 e. The summed E-state index contributed by atoms with van der Waals surface area (Å²) in [7, 11) is 0. The number of anilines is 1. The van der Waals surface area contributed by atoms with Crippen LogP contribution < -0.4 is 9.64 Å². The lowest BCUT2D eigenvalue weighted by Gasteiger charge is -2.40. The Hall–Kier alpha value is -1.64. The third-order valence-electron chi connectivity index (χ3n) is 6.14. The first-order chi connectivity index (χ1) is 14.4. The number of piperidine rings is 1. The first kappa shape index (κ1) is 21.6. The molecule has 30 heavy (non-hydrogen) atoms. The van der Waals surface area contributed by atoms with Gasteiger partial charge in [0.1, 0.15) is 12.3 Å². The van der Waals surface area contributed by atoms with Gasteiger partial charge in [0, 0.05) is 37.2 Å². The van der Waals surface area contributed by atoms with Crippen LogP contribution in [0.15, 0.2) is 22.7 Å². The summed E-state index contributed by atoms with van der Waals surface area (Å²) in [4.78, 5) is 31.3. The van der Waals surface area contributed by atoms with E-state index in [9.17, 15) is 9.59 Å². The summed E-state index contributed by atoms with van der Waals surface area (Å²) in [6, 6.07) is 5.51. The van der Waals surface area contributed by atoms with Crippen LogP contribution >= 0.6 is 15.9 Å². The number of benzene rings is 1. The Labute approximate surface area is 186 Å². The highest BCUT2D eigenvalue weighted by Gasteiger charge is 2.31. The van der Waals surface area contributed by atoms with Gasteiger partial charge in [-0.2, -0.15) is 0 Å². The van der Waals surface area contributed by atoms with Gasteiger partial charge < -0.3 is 14.4 Å². The highest BCUT2D eigenvalue weighted by molar-refractivity contribution is 9.10. The Morgan fingerprint density at radius 1 is 1.17 bits per heavy atom. The van der Waals surface area contributed by atoms with Crippen molar-refractivity contribution >= 4 is 33.4 Å². The van der Waals surface area contributed by atoms with Crippen molar-refractivity contribution in [2.45, 2.75) is 38.9 Å². The molecule has 0 aromatic heterocycles. The molecule has 164 valence electrons. The molecule has 0 aliphatic carbocycles. The number of ether oxygens (including phenoxy) is 2. The number of halogens is 1. The van der Waals surface area contributed by atoms with E-state index in [2.05, 4.69) is 34.7 Å². The monoisotopic (exact) mass is 479 g/mol. The lowest BCUT2D eigenvalue weighted by Crippen LogP contribution is -2.50. The van der Waals surface area contributed by atoms with Crippen molar-refractivity contribution < 1.29 is 19.1 Å². The fourth-order valence-corrected chi connectivity index (χ4v) is 5.09. The zero-order chi connectivity index (χ0) is 21.3. The van der Waals surface area contributed by atoms with Crippen molar-refractivity contribution in [2.24, 2.45) is 5.92 Å². The second-order valence-electron chi connectivity index (χ2n) is 8.68. The predicted octanol–water partition coefficient (Wildman–Crippen LogP) is 2.52. The summed E-state index contributed by atoms with van der Waals surface area (Å²) in [6.07, 6.45) is 2.58. The number of carbonyl (C=O) groups is 2. The molecule has 4 rings (SSSR count). The number of amides is 2. The summed E-state index contributed by atoms with van der Waals surface area (Å²) in [5.74, 6) is 1.06. The first-order valence-corrected chi connectivity index (χ1v) is 11.6. The third-order valence-corrected chi connectivity index (χ3v) is 6.63. The van der Waals surface area contributed by atoms with E-state index in [1.165, 1.54) is 0 Å². The van der Waals surface area contributed by atoms with E-state index in [0.29, 0.717) is 17.4 Å². The van der Waals surface area contributed by atoms with E-state index in [4.69, 9.17) is 9.47 Å². The second-order valence-corrected chi connectivity index (χ2v) is 9.60. The molecule has 2 saturated heterocycles. The molecular weight excluding hydrogens is 450 g/mol. The first-order valence-electron chi connectivity index (χ1n) is 10.8. The van der Waals surface area contributed by atoms with Crippen LogP contribution in [-0.4, -0.2) is 79.7 Å². The minimum Gasteiger partial charge on any atom is -0.482 e. The zero-order valence-corrected chi connectivity index (χ0v) is 19.3. The molecule has 3 aliphatic rings. The van der Waals surface area contributed by atoms with Crippen LogP contribution in [0.5, 0.6) is 5.75 Å². The molecule has 8 heteroatoms. The van der Waals surface area contributed by atoms with Gasteiger partial charge in [-0.05, 0) is 50.8 Å². The van der Waals surface area contributed by atoms with Crippen molar-refractivity contribution in [3.8, 4) is 5.75 Å². The molecule has 0 saturated carbocycles. The predicted molar refractivity (Wildman–Crippen MR) is 118 cm³/mol. The molecular formula is C22H30BrN3O4. The summed E-state index contributed by atoms with van der Waals surface area (Å²) in [5, 5.41) is 0. The van der Waals surface area contributed by atoms with Crippen molar-refractivity contribution in [3.63, 3.8) is 0 Å². The average Bonchev–Trinajstić information content (AvgIpc) is 2.70. The van der Waals surface area contributed by atoms with Crippen LogP contribution in [0.1, 0.15) is 26.7 Å². The van der Waals surface area contributed by atoms with Crippen molar-refractivity contribution in [3.05, 3.63) is 22.7 Å².